The van der Waals surface area contributed by atoms with Gasteiger partial charge in [0.1, 0.15) is 17.7 Å². The zero-order valence-corrected chi connectivity index (χ0v) is 12.9. The van der Waals surface area contributed by atoms with Gasteiger partial charge in [0.15, 0.2) is 5.82 Å². The quantitative estimate of drug-likeness (QED) is 0.752. The zero-order chi connectivity index (χ0) is 15.8. The van der Waals surface area contributed by atoms with Crippen LogP contribution in [0, 0.1) is 6.92 Å². The third-order valence-electron chi connectivity index (χ3n) is 4.34. The Morgan fingerprint density at radius 2 is 2.26 bits per heavy atom. The van der Waals surface area contributed by atoms with Crippen molar-refractivity contribution in [2.24, 2.45) is 0 Å². The van der Waals surface area contributed by atoms with Crippen molar-refractivity contribution in [3.05, 3.63) is 46.5 Å². The van der Waals surface area contributed by atoms with Gasteiger partial charge in [0, 0.05) is 31.3 Å². The monoisotopic (exact) mass is 310 g/mol. The number of hydrogen-bond acceptors (Lipinski definition) is 5. The van der Waals surface area contributed by atoms with E-state index in [1.807, 2.05) is 19.2 Å². The fourth-order valence-electron chi connectivity index (χ4n) is 3.32. The van der Waals surface area contributed by atoms with E-state index in [1.54, 1.807) is 12.4 Å². The average molecular weight is 310 g/mol. The highest BCUT2D eigenvalue weighted by molar-refractivity contribution is 5.85. The van der Waals surface area contributed by atoms with Gasteiger partial charge < -0.3 is 14.9 Å². The van der Waals surface area contributed by atoms with Crippen LogP contribution in [0.25, 0.3) is 11.0 Å². The van der Waals surface area contributed by atoms with Crippen molar-refractivity contribution in [2.45, 2.75) is 25.7 Å². The van der Waals surface area contributed by atoms with Gasteiger partial charge >= 0.3 is 0 Å². The maximum atomic E-state index is 11.7. The summed E-state index contributed by atoms with van der Waals surface area (Å²) in [7, 11) is 0. The molecule has 1 fully saturated rings. The van der Waals surface area contributed by atoms with Crippen LogP contribution in [0.3, 0.4) is 0 Å². The van der Waals surface area contributed by atoms with Crippen LogP contribution in [0.2, 0.25) is 0 Å². The maximum absolute atomic E-state index is 11.7. The fourth-order valence-corrected chi connectivity index (χ4v) is 3.32. The van der Waals surface area contributed by atoms with Gasteiger partial charge in [-0.3, -0.25) is 4.79 Å². The molecule has 3 aromatic heterocycles. The van der Waals surface area contributed by atoms with Gasteiger partial charge in [-0.1, -0.05) is 0 Å². The number of aryl methyl sites for hydroxylation is 1. The first kappa shape index (κ1) is 13.9. The Balaban J connectivity index is 1.67. The van der Waals surface area contributed by atoms with Gasteiger partial charge in [-0.15, -0.1) is 0 Å². The van der Waals surface area contributed by atoms with Gasteiger partial charge in [-0.2, -0.15) is 0 Å². The number of rotatable bonds is 2. The van der Waals surface area contributed by atoms with E-state index in [0.29, 0.717) is 5.82 Å². The Kier molecular flexibility index (Phi) is 3.33. The Hall–Kier alpha value is -2.70. The average Bonchev–Trinajstić information content (AvgIpc) is 3.02. The molecule has 0 saturated carbocycles. The SMILES string of the molecule is Cc1nc(C2CCCN(c3ncnc4cc[nH]c34)C2)cc(=O)[nH]1. The van der Waals surface area contributed by atoms with E-state index in [1.165, 1.54) is 0 Å². The number of aromatic amines is 2. The molecule has 4 rings (SSSR count). The third kappa shape index (κ3) is 2.58. The number of nitrogens with one attached hydrogen (secondary N) is 2. The van der Waals surface area contributed by atoms with Gasteiger partial charge in [0.2, 0.25) is 0 Å². The van der Waals surface area contributed by atoms with Crippen molar-refractivity contribution < 1.29 is 0 Å². The van der Waals surface area contributed by atoms with Crippen LogP contribution >= 0.6 is 0 Å². The Labute approximate surface area is 132 Å². The maximum Gasteiger partial charge on any atom is 0.251 e. The summed E-state index contributed by atoms with van der Waals surface area (Å²) < 4.78 is 0. The molecule has 0 aliphatic carbocycles. The summed E-state index contributed by atoms with van der Waals surface area (Å²) in [4.78, 5) is 33.1. The summed E-state index contributed by atoms with van der Waals surface area (Å²) >= 11 is 0. The van der Waals surface area contributed by atoms with E-state index in [2.05, 4.69) is 29.8 Å². The lowest BCUT2D eigenvalue weighted by Crippen LogP contribution is -2.36. The molecule has 0 bridgehead atoms. The van der Waals surface area contributed by atoms with Crippen LogP contribution in [0.1, 0.15) is 30.3 Å². The number of H-pyrrole nitrogens is 2. The van der Waals surface area contributed by atoms with Gasteiger partial charge in [-0.05, 0) is 25.8 Å². The number of fused-ring (bicyclic) bond motifs is 1. The Morgan fingerprint density at radius 1 is 1.35 bits per heavy atom. The fraction of sp³-hybridized carbons (Fsp3) is 0.375. The number of piperidine rings is 1. The van der Waals surface area contributed by atoms with Crippen molar-refractivity contribution in [1.82, 2.24) is 24.9 Å². The molecule has 23 heavy (non-hydrogen) atoms. The first-order valence-electron chi connectivity index (χ1n) is 7.81. The van der Waals surface area contributed by atoms with E-state index in [0.717, 1.165) is 48.5 Å². The zero-order valence-electron chi connectivity index (χ0n) is 12.9. The lowest BCUT2D eigenvalue weighted by atomic mass is 9.94. The molecular formula is C16H18N6O. The summed E-state index contributed by atoms with van der Waals surface area (Å²) in [5, 5.41) is 0. The van der Waals surface area contributed by atoms with Crippen LogP contribution in [-0.4, -0.2) is 38.0 Å². The number of nitrogens with zero attached hydrogens (tertiary/aromatic N) is 4. The second kappa shape index (κ2) is 5.49. The predicted molar refractivity (Wildman–Crippen MR) is 87.7 cm³/mol. The molecule has 0 spiro atoms. The summed E-state index contributed by atoms with van der Waals surface area (Å²) in [6, 6.07) is 3.56. The minimum Gasteiger partial charge on any atom is -0.357 e. The molecular weight excluding hydrogens is 292 g/mol. The minimum atomic E-state index is -0.0848. The van der Waals surface area contributed by atoms with Crippen molar-refractivity contribution in [3.8, 4) is 0 Å². The predicted octanol–water partition coefficient (Wildman–Crippen LogP) is 1.73. The van der Waals surface area contributed by atoms with E-state index in [9.17, 15) is 4.79 Å². The first-order chi connectivity index (χ1) is 11.2. The van der Waals surface area contributed by atoms with Crippen molar-refractivity contribution in [2.75, 3.05) is 18.0 Å². The van der Waals surface area contributed by atoms with Gasteiger partial charge in [0.25, 0.3) is 5.56 Å². The lowest BCUT2D eigenvalue weighted by Gasteiger charge is -2.33. The number of anilines is 1. The minimum absolute atomic E-state index is 0.0848. The van der Waals surface area contributed by atoms with Crippen LogP contribution in [-0.2, 0) is 0 Å². The smallest absolute Gasteiger partial charge is 0.251 e. The van der Waals surface area contributed by atoms with Crippen LogP contribution in [0.15, 0.2) is 29.5 Å². The van der Waals surface area contributed by atoms with Crippen molar-refractivity contribution in [3.63, 3.8) is 0 Å². The van der Waals surface area contributed by atoms with Crippen molar-refractivity contribution in [1.29, 1.82) is 0 Å². The highest BCUT2D eigenvalue weighted by Crippen LogP contribution is 2.30. The van der Waals surface area contributed by atoms with E-state index in [-0.39, 0.29) is 11.5 Å². The second-order valence-electron chi connectivity index (χ2n) is 5.98. The highest BCUT2D eigenvalue weighted by Gasteiger charge is 2.25. The molecule has 1 aliphatic rings. The largest absolute Gasteiger partial charge is 0.357 e. The summed E-state index contributed by atoms with van der Waals surface area (Å²) in [6.45, 7) is 3.57. The first-order valence-corrected chi connectivity index (χ1v) is 7.81. The third-order valence-corrected chi connectivity index (χ3v) is 4.34. The highest BCUT2D eigenvalue weighted by atomic mass is 16.1. The lowest BCUT2D eigenvalue weighted by molar-refractivity contribution is 0.497. The molecule has 0 amide bonds. The van der Waals surface area contributed by atoms with Gasteiger partial charge in [-0.25, -0.2) is 15.0 Å². The summed E-state index contributed by atoms with van der Waals surface area (Å²) in [6.07, 6.45) is 5.56. The molecule has 0 aromatic carbocycles. The molecule has 7 heteroatoms. The van der Waals surface area contributed by atoms with Gasteiger partial charge in [0.05, 0.1) is 11.2 Å². The van der Waals surface area contributed by atoms with E-state index < -0.39 is 0 Å². The molecule has 2 N–H and O–H groups in total. The Bertz CT molecular complexity index is 899. The molecule has 0 radical (unpaired) electrons. The summed E-state index contributed by atoms with van der Waals surface area (Å²) in [5.41, 5.74) is 2.66. The molecule has 118 valence electrons. The molecule has 1 unspecified atom stereocenters. The molecule has 1 saturated heterocycles. The number of aromatic nitrogens is 5. The van der Waals surface area contributed by atoms with E-state index >= 15 is 0 Å². The molecule has 7 nitrogen and oxygen atoms in total. The molecule has 1 aliphatic heterocycles. The molecule has 4 heterocycles. The van der Waals surface area contributed by atoms with Crippen LogP contribution in [0.5, 0.6) is 0 Å². The topological polar surface area (TPSA) is 90.6 Å². The normalized spacial score (nSPS) is 18.5. The number of hydrogen-bond donors (Lipinski definition) is 2. The molecule has 1 atom stereocenters. The summed E-state index contributed by atoms with van der Waals surface area (Å²) in [5.74, 6) is 1.83. The van der Waals surface area contributed by atoms with Crippen LogP contribution < -0.4 is 10.5 Å². The standard InChI is InChI=1S/C16H18N6O/c1-10-20-13(7-14(23)21-10)11-3-2-6-22(8-11)16-15-12(4-5-17-15)18-9-19-16/h4-5,7,9,11,17H,2-3,6,8H2,1H3,(H,20,21,23). The van der Waals surface area contributed by atoms with E-state index in [4.69, 9.17) is 0 Å². The molecule has 3 aromatic rings. The second-order valence-corrected chi connectivity index (χ2v) is 5.98. The Morgan fingerprint density at radius 3 is 3.13 bits per heavy atom. The van der Waals surface area contributed by atoms with Crippen LogP contribution in [0.4, 0.5) is 5.82 Å². The van der Waals surface area contributed by atoms with Crippen molar-refractivity contribution >= 4 is 16.9 Å².